The molecule has 0 unspecified atom stereocenters. The van der Waals surface area contributed by atoms with Crippen LogP contribution in [0.4, 0.5) is 5.69 Å². The zero-order valence-electron chi connectivity index (χ0n) is 12.0. The fraction of sp³-hybridized carbons (Fsp3) is 0.533. The number of nitro groups is 1. The summed E-state index contributed by atoms with van der Waals surface area (Å²) >= 11 is 0. The molecule has 2 rings (SSSR count). The van der Waals surface area contributed by atoms with Gasteiger partial charge in [0.2, 0.25) is 0 Å². The minimum absolute atomic E-state index is 0.0262. The molecule has 0 amide bonds. The van der Waals surface area contributed by atoms with Crippen LogP contribution < -0.4 is 4.74 Å². The average Bonchev–Trinajstić information content (AvgIpc) is 2.49. The van der Waals surface area contributed by atoms with Crippen molar-refractivity contribution in [1.82, 2.24) is 0 Å². The van der Waals surface area contributed by atoms with Gasteiger partial charge in [0.05, 0.1) is 23.6 Å². The van der Waals surface area contributed by atoms with Crippen LogP contribution in [0.3, 0.4) is 0 Å². The number of carbonyl (C=O) groups is 1. The van der Waals surface area contributed by atoms with Gasteiger partial charge in [0.15, 0.2) is 0 Å². The molecule has 6 heteroatoms. The van der Waals surface area contributed by atoms with Gasteiger partial charge in [-0.15, -0.1) is 0 Å². The highest BCUT2D eigenvalue weighted by Crippen LogP contribution is 2.29. The molecule has 1 aliphatic rings. The molecule has 0 aromatic heterocycles. The molecular weight excluding hydrogens is 274 g/mol. The number of carbonyl (C=O) groups excluding carboxylic acids is 1. The molecule has 1 saturated carbocycles. The molecule has 0 atom stereocenters. The summed E-state index contributed by atoms with van der Waals surface area (Å²) < 4.78 is 10.8. The largest absolute Gasteiger partial charge is 0.490 e. The summed E-state index contributed by atoms with van der Waals surface area (Å²) in [4.78, 5) is 21.8. The van der Waals surface area contributed by atoms with Crippen LogP contribution in [0.15, 0.2) is 24.3 Å². The molecule has 0 bridgehead atoms. The molecule has 114 valence electrons. The SMILES string of the molecule is CCOC(=O)[C@H]1CC[C@H](Oc2ccc([N+](=O)[O-])cc2)CC1. The first-order chi connectivity index (χ1) is 10.1. The molecule has 0 radical (unpaired) electrons. The summed E-state index contributed by atoms with van der Waals surface area (Å²) in [7, 11) is 0. The second kappa shape index (κ2) is 7.06. The summed E-state index contributed by atoms with van der Waals surface area (Å²) in [5.41, 5.74) is 0.0494. The number of hydrogen-bond acceptors (Lipinski definition) is 5. The van der Waals surface area contributed by atoms with Gasteiger partial charge in [0, 0.05) is 12.1 Å². The van der Waals surface area contributed by atoms with Crippen molar-refractivity contribution < 1.29 is 19.2 Å². The summed E-state index contributed by atoms with van der Waals surface area (Å²) in [6.07, 6.45) is 3.16. The van der Waals surface area contributed by atoms with Gasteiger partial charge < -0.3 is 9.47 Å². The second-order valence-electron chi connectivity index (χ2n) is 5.09. The summed E-state index contributed by atoms with van der Waals surface area (Å²) in [5, 5.41) is 10.6. The molecule has 0 N–H and O–H groups in total. The lowest BCUT2D eigenvalue weighted by Gasteiger charge is -2.27. The first kappa shape index (κ1) is 15.3. The normalized spacial score (nSPS) is 21.6. The third-order valence-corrected chi connectivity index (χ3v) is 3.64. The molecule has 1 aliphatic carbocycles. The standard InChI is InChI=1S/C15H19NO5/c1-2-20-15(17)11-3-7-13(8-4-11)21-14-9-5-12(6-10-14)16(18)19/h5-6,9-11,13H,2-4,7-8H2,1H3/t11-,13-. The Morgan fingerprint density at radius 2 is 1.86 bits per heavy atom. The Balaban J connectivity index is 1.83. The highest BCUT2D eigenvalue weighted by Gasteiger charge is 2.28. The Bertz CT molecular complexity index is 491. The van der Waals surface area contributed by atoms with E-state index < -0.39 is 4.92 Å². The molecule has 0 saturated heterocycles. The fourth-order valence-corrected chi connectivity index (χ4v) is 2.52. The van der Waals surface area contributed by atoms with E-state index in [2.05, 4.69) is 0 Å². The van der Waals surface area contributed by atoms with Gasteiger partial charge in [-0.05, 0) is 44.7 Å². The Morgan fingerprint density at radius 3 is 2.38 bits per heavy atom. The number of rotatable bonds is 5. The van der Waals surface area contributed by atoms with Crippen LogP contribution in [-0.4, -0.2) is 23.6 Å². The summed E-state index contributed by atoms with van der Waals surface area (Å²) in [6.45, 7) is 2.22. The topological polar surface area (TPSA) is 78.7 Å². The quantitative estimate of drug-likeness (QED) is 0.473. The van der Waals surface area contributed by atoms with Gasteiger partial charge in [0.1, 0.15) is 5.75 Å². The number of ether oxygens (including phenoxy) is 2. The zero-order chi connectivity index (χ0) is 15.2. The molecule has 21 heavy (non-hydrogen) atoms. The van der Waals surface area contributed by atoms with Crippen molar-refractivity contribution in [2.45, 2.75) is 38.7 Å². The Labute approximate surface area is 123 Å². The minimum Gasteiger partial charge on any atom is -0.490 e. The van der Waals surface area contributed by atoms with Gasteiger partial charge in [-0.2, -0.15) is 0 Å². The van der Waals surface area contributed by atoms with Gasteiger partial charge >= 0.3 is 5.97 Å². The van der Waals surface area contributed by atoms with E-state index in [-0.39, 0.29) is 23.7 Å². The Kier molecular flexibility index (Phi) is 5.14. The van der Waals surface area contributed by atoms with Crippen molar-refractivity contribution in [2.75, 3.05) is 6.61 Å². The van der Waals surface area contributed by atoms with E-state index in [1.807, 2.05) is 0 Å². The predicted octanol–water partition coefficient (Wildman–Crippen LogP) is 3.10. The first-order valence-electron chi connectivity index (χ1n) is 7.18. The molecule has 1 aromatic rings. The number of hydrogen-bond donors (Lipinski definition) is 0. The van der Waals surface area contributed by atoms with Gasteiger partial charge in [-0.25, -0.2) is 0 Å². The number of nitrogens with zero attached hydrogens (tertiary/aromatic N) is 1. The third kappa shape index (κ3) is 4.18. The van der Waals surface area contributed by atoms with E-state index in [1.54, 1.807) is 19.1 Å². The van der Waals surface area contributed by atoms with Crippen molar-refractivity contribution in [3.05, 3.63) is 34.4 Å². The van der Waals surface area contributed by atoms with E-state index >= 15 is 0 Å². The molecule has 0 spiro atoms. The van der Waals surface area contributed by atoms with Gasteiger partial charge in [-0.1, -0.05) is 0 Å². The van der Waals surface area contributed by atoms with Crippen LogP contribution in [-0.2, 0) is 9.53 Å². The van der Waals surface area contributed by atoms with Crippen LogP contribution in [0.25, 0.3) is 0 Å². The van der Waals surface area contributed by atoms with Crippen molar-refractivity contribution in [3.8, 4) is 5.75 Å². The van der Waals surface area contributed by atoms with E-state index in [9.17, 15) is 14.9 Å². The summed E-state index contributed by atoms with van der Waals surface area (Å²) in [5.74, 6) is 0.480. The third-order valence-electron chi connectivity index (χ3n) is 3.64. The number of benzene rings is 1. The van der Waals surface area contributed by atoms with E-state index in [0.717, 1.165) is 25.7 Å². The zero-order valence-corrected chi connectivity index (χ0v) is 12.0. The Morgan fingerprint density at radius 1 is 1.24 bits per heavy atom. The molecular formula is C15H19NO5. The van der Waals surface area contributed by atoms with Crippen LogP contribution in [0, 0.1) is 16.0 Å². The lowest BCUT2D eigenvalue weighted by molar-refractivity contribution is -0.384. The summed E-state index contributed by atoms with van der Waals surface area (Å²) in [6, 6.07) is 6.07. The average molecular weight is 293 g/mol. The van der Waals surface area contributed by atoms with Crippen molar-refractivity contribution in [1.29, 1.82) is 0 Å². The second-order valence-corrected chi connectivity index (χ2v) is 5.09. The fourth-order valence-electron chi connectivity index (χ4n) is 2.52. The molecule has 1 fully saturated rings. The molecule has 1 aromatic carbocycles. The predicted molar refractivity (Wildman–Crippen MR) is 76.1 cm³/mol. The number of nitro benzene ring substituents is 1. The van der Waals surface area contributed by atoms with Crippen molar-refractivity contribution in [3.63, 3.8) is 0 Å². The highest BCUT2D eigenvalue weighted by atomic mass is 16.6. The van der Waals surface area contributed by atoms with E-state index in [1.165, 1.54) is 12.1 Å². The van der Waals surface area contributed by atoms with Crippen LogP contribution >= 0.6 is 0 Å². The maximum atomic E-state index is 11.6. The molecule has 0 aliphatic heterocycles. The molecule has 0 heterocycles. The lowest BCUT2D eigenvalue weighted by Crippen LogP contribution is -2.29. The van der Waals surface area contributed by atoms with Crippen molar-refractivity contribution >= 4 is 11.7 Å². The Hall–Kier alpha value is -2.11. The van der Waals surface area contributed by atoms with Gasteiger partial charge in [-0.3, -0.25) is 14.9 Å². The maximum absolute atomic E-state index is 11.6. The minimum atomic E-state index is -0.436. The lowest BCUT2D eigenvalue weighted by atomic mass is 9.87. The number of esters is 1. The molecule has 6 nitrogen and oxygen atoms in total. The van der Waals surface area contributed by atoms with Crippen LogP contribution in [0.1, 0.15) is 32.6 Å². The highest BCUT2D eigenvalue weighted by molar-refractivity contribution is 5.72. The maximum Gasteiger partial charge on any atom is 0.308 e. The monoisotopic (exact) mass is 293 g/mol. The van der Waals surface area contributed by atoms with E-state index in [0.29, 0.717) is 12.4 Å². The van der Waals surface area contributed by atoms with Crippen LogP contribution in [0.5, 0.6) is 5.75 Å². The van der Waals surface area contributed by atoms with E-state index in [4.69, 9.17) is 9.47 Å². The van der Waals surface area contributed by atoms with Crippen LogP contribution in [0.2, 0.25) is 0 Å². The first-order valence-corrected chi connectivity index (χ1v) is 7.18. The van der Waals surface area contributed by atoms with Gasteiger partial charge in [0.25, 0.3) is 5.69 Å². The number of non-ortho nitro benzene ring substituents is 1. The van der Waals surface area contributed by atoms with Crippen molar-refractivity contribution in [2.24, 2.45) is 5.92 Å². The smallest absolute Gasteiger partial charge is 0.308 e.